The van der Waals surface area contributed by atoms with Crippen molar-refractivity contribution < 1.29 is 58.5 Å². The van der Waals surface area contributed by atoms with E-state index < -0.39 is 30.9 Å². The van der Waals surface area contributed by atoms with Crippen molar-refractivity contribution in [2.45, 2.75) is 18.9 Å². The molecule has 0 aliphatic rings. The number of halogens is 1. The molecule has 2 aromatic rings. The summed E-state index contributed by atoms with van der Waals surface area (Å²) >= 11 is 7.03. The average molecular weight is 420 g/mol. The second-order valence-corrected chi connectivity index (χ2v) is 6.50. The van der Waals surface area contributed by atoms with E-state index in [0.29, 0.717) is 15.5 Å². The molecule has 0 aliphatic heterocycles. The van der Waals surface area contributed by atoms with Crippen molar-refractivity contribution in [1.82, 2.24) is 5.32 Å². The van der Waals surface area contributed by atoms with E-state index in [0.717, 1.165) is 0 Å². The molecule has 2 rings (SSSR count). The summed E-state index contributed by atoms with van der Waals surface area (Å²) in [6.45, 7) is -0.559. The van der Waals surface area contributed by atoms with Gasteiger partial charge in [0.15, 0.2) is 0 Å². The third kappa shape index (κ3) is 8.32. The van der Waals surface area contributed by atoms with Gasteiger partial charge in [0, 0.05) is 11.0 Å². The van der Waals surface area contributed by atoms with Crippen LogP contribution in [0.1, 0.15) is 34.1 Å². The Hall–Kier alpha value is -1.58. The number of rotatable bonds is 8. The maximum Gasteiger partial charge on any atom is 1.00 e. The number of ether oxygens (including phenoxy) is 2. The zero-order valence-corrected chi connectivity index (χ0v) is 18.0. The molecule has 7 nitrogen and oxygen atoms in total. The fraction of sp³-hybridized carbons (Fsp3) is 0.235. The zero-order valence-electron chi connectivity index (χ0n) is 14.5. The Morgan fingerprint density at radius 3 is 2.44 bits per heavy atom. The third-order valence-electron chi connectivity index (χ3n) is 3.30. The summed E-state index contributed by atoms with van der Waals surface area (Å²) in [5, 5.41) is 15.5. The Balaban J connectivity index is 0.00000364. The van der Waals surface area contributed by atoms with Gasteiger partial charge in [0.1, 0.15) is 4.88 Å². The molecule has 138 valence electrons. The van der Waals surface area contributed by atoms with Gasteiger partial charge in [0.2, 0.25) is 6.79 Å². The van der Waals surface area contributed by atoms with Gasteiger partial charge in [-0.2, -0.15) is 0 Å². The van der Waals surface area contributed by atoms with Gasteiger partial charge < -0.3 is 24.7 Å². The molecular weight excluding hydrogens is 405 g/mol. The molecule has 1 aromatic carbocycles. The van der Waals surface area contributed by atoms with E-state index in [4.69, 9.17) is 21.1 Å². The molecule has 0 fully saturated rings. The molecule has 0 saturated carbocycles. The number of aliphatic carboxylic acids is 1. The van der Waals surface area contributed by atoms with Crippen LogP contribution in [0.25, 0.3) is 0 Å². The largest absolute Gasteiger partial charge is 1.00 e. The number of carbonyl (C=O) groups excluding carboxylic acids is 3. The molecule has 0 bridgehead atoms. The van der Waals surface area contributed by atoms with Crippen LogP contribution in [-0.4, -0.2) is 24.8 Å². The van der Waals surface area contributed by atoms with E-state index in [-0.39, 0.29) is 42.4 Å². The number of benzene rings is 1. The van der Waals surface area contributed by atoms with Crippen LogP contribution >= 0.6 is 22.9 Å². The molecule has 1 unspecified atom stereocenters. The van der Waals surface area contributed by atoms with E-state index in [9.17, 15) is 19.5 Å². The first-order valence-electron chi connectivity index (χ1n) is 7.55. The van der Waals surface area contributed by atoms with Crippen molar-refractivity contribution in [3.05, 3.63) is 57.2 Å². The number of hydrogen-bond acceptors (Lipinski definition) is 7. The van der Waals surface area contributed by atoms with Crippen molar-refractivity contribution >= 4 is 41.0 Å². The first-order valence-corrected chi connectivity index (χ1v) is 8.80. The van der Waals surface area contributed by atoms with Crippen LogP contribution in [0.3, 0.4) is 0 Å². The Labute approximate surface area is 186 Å². The van der Waals surface area contributed by atoms with E-state index in [1.807, 2.05) is 0 Å². The summed E-state index contributed by atoms with van der Waals surface area (Å²) < 4.78 is 9.64. The molecule has 0 aliphatic carbocycles. The number of alkyl carbamates (subject to hydrolysis) is 1. The summed E-state index contributed by atoms with van der Waals surface area (Å²) in [6.07, 6.45) is -0.989. The molecule has 1 heterocycles. The topological polar surface area (TPSA) is 105 Å². The minimum atomic E-state index is -1.23. The third-order valence-corrected chi connectivity index (χ3v) is 4.41. The minimum Gasteiger partial charge on any atom is -0.550 e. The van der Waals surface area contributed by atoms with E-state index in [1.54, 1.807) is 41.8 Å². The van der Waals surface area contributed by atoms with E-state index in [1.165, 1.54) is 11.3 Å². The SMILES string of the molecule is O=C([O-])CCC(NC(=O)OCOC(=O)c1cccs1)c1ccc(Cl)cc1.[Na+]. The number of amides is 1. The summed E-state index contributed by atoms with van der Waals surface area (Å²) in [6, 6.07) is 9.24. The fourth-order valence-electron chi connectivity index (χ4n) is 2.07. The first-order chi connectivity index (χ1) is 12.5. The Morgan fingerprint density at radius 2 is 1.85 bits per heavy atom. The summed E-state index contributed by atoms with van der Waals surface area (Å²) in [5.41, 5.74) is 0.656. The van der Waals surface area contributed by atoms with Crippen molar-refractivity contribution in [1.29, 1.82) is 0 Å². The first kappa shape index (κ1) is 23.5. The number of hydrogen-bond donors (Lipinski definition) is 1. The van der Waals surface area contributed by atoms with Gasteiger partial charge in [0.05, 0.1) is 6.04 Å². The van der Waals surface area contributed by atoms with Crippen LogP contribution in [0, 0.1) is 0 Å². The number of esters is 1. The van der Waals surface area contributed by atoms with Crippen molar-refractivity contribution in [2.75, 3.05) is 6.79 Å². The van der Waals surface area contributed by atoms with Gasteiger partial charge in [0.25, 0.3) is 0 Å². The molecule has 1 amide bonds. The van der Waals surface area contributed by atoms with Gasteiger partial charge in [-0.15, -0.1) is 11.3 Å². The molecule has 1 atom stereocenters. The second kappa shape index (κ2) is 12.0. The Kier molecular flexibility index (Phi) is 10.4. The smallest absolute Gasteiger partial charge is 0.550 e. The summed E-state index contributed by atoms with van der Waals surface area (Å²) in [4.78, 5) is 34.6. The van der Waals surface area contributed by atoms with Crippen LogP contribution in [0.2, 0.25) is 5.02 Å². The molecular formula is C17H15ClNNaO6S. The predicted molar refractivity (Wildman–Crippen MR) is 92.7 cm³/mol. The van der Waals surface area contributed by atoms with Gasteiger partial charge in [-0.1, -0.05) is 29.8 Å². The standard InChI is InChI=1S/C17H16ClNO6S.Na/c18-12-5-3-11(4-6-12)13(7-8-15(20)21)19-17(23)25-10-24-16(22)14-2-1-9-26-14;/h1-6,9,13H,7-8,10H2,(H,19,23)(H,20,21);/q;+1/p-1. The molecule has 27 heavy (non-hydrogen) atoms. The second-order valence-electron chi connectivity index (χ2n) is 5.12. The molecule has 0 radical (unpaired) electrons. The molecule has 10 heteroatoms. The van der Waals surface area contributed by atoms with Gasteiger partial charge in [-0.05, 0) is 42.0 Å². The Morgan fingerprint density at radius 1 is 1.15 bits per heavy atom. The molecule has 0 saturated heterocycles. The van der Waals surface area contributed by atoms with Crippen molar-refractivity contribution in [3.63, 3.8) is 0 Å². The number of thiophene rings is 1. The number of carboxylic acid groups (broad SMARTS) is 1. The predicted octanol–water partition coefficient (Wildman–Crippen LogP) is -0.483. The Bertz CT molecular complexity index is 753. The average Bonchev–Trinajstić information content (AvgIpc) is 3.14. The zero-order chi connectivity index (χ0) is 18.9. The monoisotopic (exact) mass is 419 g/mol. The summed E-state index contributed by atoms with van der Waals surface area (Å²) in [7, 11) is 0. The normalized spacial score (nSPS) is 11.0. The van der Waals surface area contributed by atoms with Crippen LogP contribution in [0.5, 0.6) is 0 Å². The van der Waals surface area contributed by atoms with Crippen molar-refractivity contribution in [2.24, 2.45) is 0 Å². The number of carboxylic acids is 1. The minimum absolute atomic E-state index is 0. The van der Waals surface area contributed by atoms with Gasteiger partial charge in [-0.3, -0.25) is 0 Å². The fourth-order valence-corrected chi connectivity index (χ4v) is 2.81. The van der Waals surface area contributed by atoms with E-state index in [2.05, 4.69) is 5.32 Å². The van der Waals surface area contributed by atoms with Crippen LogP contribution < -0.4 is 40.0 Å². The van der Waals surface area contributed by atoms with Gasteiger partial charge >= 0.3 is 41.6 Å². The van der Waals surface area contributed by atoms with Crippen molar-refractivity contribution in [3.8, 4) is 0 Å². The molecule has 1 aromatic heterocycles. The molecule has 0 spiro atoms. The van der Waals surface area contributed by atoms with Crippen LogP contribution in [0.4, 0.5) is 4.79 Å². The number of carbonyl (C=O) groups is 3. The summed E-state index contributed by atoms with van der Waals surface area (Å²) in [5.74, 6) is -1.83. The number of nitrogens with one attached hydrogen (secondary N) is 1. The maximum atomic E-state index is 11.9. The molecule has 1 N–H and O–H groups in total. The van der Waals surface area contributed by atoms with Crippen LogP contribution in [-0.2, 0) is 14.3 Å². The quantitative estimate of drug-likeness (QED) is 0.352. The van der Waals surface area contributed by atoms with Gasteiger partial charge in [-0.25, -0.2) is 9.59 Å². The van der Waals surface area contributed by atoms with E-state index >= 15 is 0 Å². The van der Waals surface area contributed by atoms with Crippen LogP contribution in [0.15, 0.2) is 41.8 Å². The maximum absolute atomic E-state index is 11.9.